The van der Waals surface area contributed by atoms with Gasteiger partial charge in [0, 0.05) is 18.3 Å². The zero-order valence-corrected chi connectivity index (χ0v) is 13.8. The van der Waals surface area contributed by atoms with Crippen LogP contribution in [0.15, 0.2) is 42.7 Å². The molecule has 0 radical (unpaired) electrons. The summed E-state index contributed by atoms with van der Waals surface area (Å²) in [4.78, 5) is 20.2. The molecule has 2 amide bonds. The number of nitrogens with zero attached hydrogens (tertiary/aromatic N) is 4. The number of hydrogen-bond donors (Lipinski definition) is 2. The molecule has 0 aliphatic rings. The fourth-order valence-electron chi connectivity index (χ4n) is 2.34. The van der Waals surface area contributed by atoms with Crippen molar-refractivity contribution in [2.75, 3.05) is 5.32 Å². The van der Waals surface area contributed by atoms with Crippen LogP contribution in [0.5, 0.6) is 0 Å². The molecule has 7 nitrogen and oxygen atoms in total. The topological polar surface area (TPSA) is 84.7 Å². The number of hydrogen-bond acceptors (Lipinski definition) is 4. The molecule has 0 spiro atoms. The van der Waals surface area contributed by atoms with Gasteiger partial charge in [-0.3, -0.25) is 5.32 Å². The number of urea groups is 1. The van der Waals surface area contributed by atoms with Crippen molar-refractivity contribution in [3.8, 4) is 5.82 Å². The van der Waals surface area contributed by atoms with Gasteiger partial charge < -0.3 is 5.32 Å². The summed E-state index contributed by atoms with van der Waals surface area (Å²) < 4.78 is 14.5. The van der Waals surface area contributed by atoms with Gasteiger partial charge in [-0.1, -0.05) is 12.1 Å². The van der Waals surface area contributed by atoms with Gasteiger partial charge >= 0.3 is 6.03 Å². The van der Waals surface area contributed by atoms with E-state index in [2.05, 4.69) is 25.7 Å². The van der Waals surface area contributed by atoms with E-state index in [1.807, 2.05) is 19.9 Å². The maximum Gasteiger partial charge on any atom is 0.320 e. The van der Waals surface area contributed by atoms with Gasteiger partial charge in [-0.05, 0) is 37.6 Å². The van der Waals surface area contributed by atoms with E-state index < -0.39 is 6.03 Å². The lowest BCUT2D eigenvalue weighted by molar-refractivity contribution is 0.251. The zero-order chi connectivity index (χ0) is 17.8. The van der Waals surface area contributed by atoms with Crippen LogP contribution in [0.1, 0.15) is 17.0 Å². The van der Waals surface area contributed by atoms with E-state index in [0.717, 1.165) is 17.0 Å². The van der Waals surface area contributed by atoms with Gasteiger partial charge in [0.25, 0.3) is 0 Å². The maximum absolute atomic E-state index is 12.9. The predicted octanol–water partition coefficient (Wildman–Crippen LogP) is 2.74. The van der Waals surface area contributed by atoms with E-state index in [1.165, 1.54) is 18.5 Å². The summed E-state index contributed by atoms with van der Waals surface area (Å²) in [5.41, 5.74) is 2.60. The minimum absolute atomic E-state index is 0.279. The van der Waals surface area contributed by atoms with Crippen molar-refractivity contribution in [1.29, 1.82) is 0 Å². The van der Waals surface area contributed by atoms with Gasteiger partial charge in [0.2, 0.25) is 0 Å². The van der Waals surface area contributed by atoms with Gasteiger partial charge in [-0.25, -0.2) is 23.8 Å². The lowest BCUT2D eigenvalue weighted by Crippen LogP contribution is -2.28. The third-order valence-electron chi connectivity index (χ3n) is 3.49. The first kappa shape index (κ1) is 16.6. The maximum atomic E-state index is 12.9. The fourth-order valence-corrected chi connectivity index (χ4v) is 2.34. The van der Waals surface area contributed by atoms with Crippen LogP contribution in [0.2, 0.25) is 0 Å². The Labute approximate surface area is 143 Å². The number of aromatic nitrogens is 4. The molecule has 0 bridgehead atoms. The molecule has 0 fully saturated rings. The molecule has 2 aromatic heterocycles. The second-order valence-corrected chi connectivity index (χ2v) is 5.53. The summed E-state index contributed by atoms with van der Waals surface area (Å²) in [6.45, 7) is 4.10. The SMILES string of the molecule is Cc1cc(C)n(-c2cc(NC(=O)NCc3ccc(F)cc3)ncn2)n1. The monoisotopic (exact) mass is 340 g/mol. The minimum atomic E-state index is -0.414. The quantitative estimate of drug-likeness (QED) is 0.765. The predicted molar refractivity (Wildman–Crippen MR) is 90.9 cm³/mol. The lowest BCUT2D eigenvalue weighted by Gasteiger charge is -2.08. The molecule has 128 valence electrons. The summed E-state index contributed by atoms with van der Waals surface area (Å²) in [5, 5.41) is 9.68. The summed E-state index contributed by atoms with van der Waals surface area (Å²) in [5.74, 6) is 0.606. The average Bonchev–Trinajstić information content (AvgIpc) is 2.93. The number of rotatable bonds is 4. The van der Waals surface area contributed by atoms with Crippen LogP contribution in [0.4, 0.5) is 15.0 Å². The molecular weight excluding hydrogens is 323 g/mol. The third kappa shape index (κ3) is 4.17. The molecule has 0 unspecified atom stereocenters. The van der Waals surface area contributed by atoms with Crippen LogP contribution >= 0.6 is 0 Å². The molecule has 2 N–H and O–H groups in total. The Morgan fingerprint density at radius 1 is 1.16 bits per heavy atom. The number of nitrogens with one attached hydrogen (secondary N) is 2. The highest BCUT2D eigenvalue weighted by Gasteiger charge is 2.08. The third-order valence-corrected chi connectivity index (χ3v) is 3.49. The van der Waals surface area contributed by atoms with Crippen LogP contribution in [-0.4, -0.2) is 25.8 Å². The molecule has 2 heterocycles. The second kappa shape index (κ2) is 7.08. The molecule has 0 aliphatic heterocycles. The Bertz CT molecular complexity index is 890. The standard InChI is InChI=1S/C17H17FN6O/c1-11-7-12(2)24(23-11)16-8-15(20-10-21-16)22-17(25)19-9-13-3-5-14(18)6-4-13/h3-8,10H,9H2,1-2H3,(H2,19,20,21,22,25). The second-order valence-electron chi connectivity index (χ2n) is 5.53. The van der Waals surface area contributed by atoms with E-state index in [1.54, 1.807) is 22.9 Å². The molecule has 0 saturated carbocycles. The van der Waals surface area contributed by atoms with E-state index in [0.29, 0.717) is 11.6 Å². The van der Waals surface area contributed by atoms with E-state index in [-0.39, 0.29) is 12.4 Å². The zero-order valence-electron chi connectivity index (χ0n) is 13.8. The Kier molecular flexibility index (Phi) is 4.69. The number of anilines is 1. The first-order chi connectivity index (χ1) is 12.0. The van der Waals surface area contributed by atoms with Crippen LogP contribution in [0.3, 0.4) is 0 Å². The number of carbonyl (C=O) groups excluding carboxylic acids is 1. The molecule has 0 atom stereocenters. The highest BCUT2D eigenvalue weighted by molar-refractivity contribution is 5.88. The highest BCUT2D eigenvalue weighted by atomic mass is 19.1. The van der Waals surface area contributed by atoms with Crippen molar-refractivity contribution in [2.45, 2.75) is 20.4 Å². The van der Waals surface area contributed by atoms with Gasteiger partial charge in [-0.15, -0.1) is 0 Å². The summed E-state index contributed by atoms with van der Waals surface area (Å²) in [6, 6.07) is 9.08. The Morgan fingerprint density at radius 3 is 2.60 bits per heavy atom. The molecule has 0 saturated heterocycles. The normalized spacial score (nSPS) is 10.5. The number of carbonyl (C=O) groups is 1. The molecule has 3 aromatic rings. The molecule has 25 heavy (non-hydrogen) atoms. The Hall–Kier alpha value is -3.29. The highest BCUT2D eigenvalue weighted by Crippen LogP contribution is 2.12. The van der Waals surface area contributed by atoms with Crippen LogP contribution in [-0.2, 0) is 6.54 Å². The minimum Gasteiger partial charge on any atom is -0.334 e. The van der Waals surface area contributed by atoms with Gasteiger partial charge in [0.1, 0.15) is 18.0 Å². The van der Waals surface area contributed by atoms with Gasteiger partial charge in [0.15, 0.2) is 5.82 Å². The first-order valence-electron chi connectivity index (χ1n) is 7.66. The molecule has 8 heteroatoms. The smallest absolute Gasteiger partial charge is 0.320 e. The summed E-state index contributed by atoms with van der Waals surface area (Å²) in [6.07, 6.45) is 1.36. The van der Waals surface area contributed by atoms with E-state index >= 15 is 0 Å². The van der Waals surface area contributed by atoms with Crippen molar-refractivity contribution in [2.24, 2.45) is 0 Å². The fraction of sp³-hybridized carbons (Fsp3) is 0.176. The van der Waals surface area contributed by atoms with Crippen molar-refractivity contribution in [3.63, 3.8) is 0 Å². The van der Waals surface area contributed by atoms with Crippen molar-refractivity contribution in [3.05, 3.63) is 65.5 Å². The Morgan fingerprint density at radius 2 is 1.92 bits per heavy atom. The number of aryl methyl sites for hydroxylation is 2. The molecular formula is C17H17FN6O. The van der Waals surface area contributed by atoms with Crippen LogP contribution in [0, 0.1) is 19.7 Å². The van der Waals surface area contributed by atoms with Gasteiger partial charge in [-0.2, -0.15) is 5.10 Å². The molecule has 0 aliphatic carbocycles. The van der Waals surface area contributed by atoms with Crippen molar-refractivity contribution in [1.82, 2.24) is 25.1 Å². The van der Waals surface area contributed by atoms with E-state index in [9.17, 15) is 9.18 Å². The number of benzene rings is 1. The first-order valence-corrected chi connectivity index (χ1v) is 7.66. The largest absolute Gasteiger partial charge is 0.334 e. The number of amides is 2. The molecule has 1 aromatic carbocycles. The lowest BCUT2D eigenvalue weighted by atomic mass is 10.2. The Balaban J connectivity index is 1.64. The summed E-state index contributed by atoms with van der Waals surface area (Å²) in [7, 11) is 0. The van der Waals surface area contributed by atoms with Crippen LogP contribution in [0.25, 0.3) is 5.82 Å². The van der Waals surface area contributed by atoms with Crippen molar-refractivity contribution < 1.29 is 9.18 Å². The average molecular weight is 340 g/mol. The van der Waals surface area contributed by atoms with Gasteiger partial charge in [0.05, 0.1) is 5.69 Å². The van der Waals surface area contributed by atoms with Crippen LogP contribution < -0.4 is 10.6 Å². The van der Waals surface area contributed by atoms with Crippen molar-refractivity contribution >= 4 is 11.8 Å². The van der Waals surface area contributed by atoms with E-state index in [4.69, 9.17) is 0 Å². The summed E-state index contributed by atoms with van der Waals surface area (Å²) >= 11 is 0. The number of halogens is 1. The molecule has 3 rings (SSSR count).